The molecule has 1 unspecified atom stereocenters. The topological polar surface area (TPSA) is 70.6 Å². The summed E-state index contributed by atoms with van der Waals surface area (Å²) >= 11 is 0. The highest BCUT2D eigenvalue weighted by Crippen LogP contribution is 2.08. The molecule has 1 amide bonds. The zero-order valence-electron chi connectivity index (χ0n) is 9.71. The smallest absolute Gasteiger partial charge is 0.237 e. The third-order valence-corrected chi connectivity index (χ3v) is 2.66. The van der Waals surface area contributed by atoms with Crippen LogP contribution in [0.5, 0.6) is 0 Å². The molecule has 0 bridgehead atoms. The minimum atomic E-state index is -0.0414. The number of aliphatic hydroxyl groups is 1. The molecule has 1 rings (SSSR count). The molecule has 1 fully saturated rings. The number of aliphatic hydroxyl groups excluding tert-OH is 1. The van der Waals surface area contributed by atoms with E-state index >= 15 is 0 Å². The van der Waals surface area contributed by atoms with E-state index in [1.807, 2.05) is 0 Å². The van der Waals surface area contributed by atoms with Gasteiger partial charge in [-0.3, -0.25) is 4.79 Å². The molecular formula is C11H22N2O3. The van der Waals surface area contributed by atoms with Gasteiger partial charge in [-0.15, -0.1) is 0 Å². The SMILES string of the molecule is O=C(NCCOCCO)C1CCCCCN1. The van der Waals surface area contributed by atoms with Gasteiger partial charge in [-0.05, 0) is 19.4 Å². The van der Waals surface area contributed by atoms with E-state index in [4.69, 9.17) is 9.84 Å². The maximum atomic E-state index is 11.7. The summed E-state index contributed by atoms with van der Waals surface area (Å²) in [6.07, 6.45) is 4.40. The molecule has 1 saturated heterocycles. The molecule has 1 aliphatic rings. The maximum Gasteiger partial charge on any atom is 0.237 e. The van der Waals surface area contributed by atoms with Gasteiger partial charge in [0.05, 0.1) is 25.9 Å². The molecule has 0 saturated carbocycles. The first-order chi connectivity index (χ1) is 7.84. The minimum Gasteiger partial charge on any atom is -0.394 e. The van der Waals surface area contributed by atoms with Crippen molar-refractivity contribution in [1.82, 2.24) is 10.6 Å². The highest BCUT2D eigenvalue weighted by molar-refractivity contribution is 5.81. The van der Waals surface area contributed by atoms with Crippen LogP contribution in [0.15, 0.2) is 0 Å². The van der Waals surface area contributed by atoms with Crippen LogP contribution in [0, 0.1) is 0 Å². The number of amides is 1. The van der Waals surface area contributed by atoms with Crippen molar-refractivity contribution in [2.24, 2.45) is 0 Å². The van der Waals surface area contributed by atoms with Crippen molar-refractivity contribution in [2.45, 2.75) is 31.7 Å². The number of hydrogen-bond acceptors (Lipinski definition) is 4. The highest BCUT2D eigenvalue weighted by Gasteiger charge is 2.18. The van der Waals surface area contributed by atoms with E-state index in [0.717, 1.165) is 25.8 Å². The lowest BCUT2D eigenvalue weighted by Crippen LogP contribution is -2.44. The van der Waals surface area contributed by atoms with Gasteiger partial charge in [-0.1, -0.05) is 12.8 Å². The molecule has 3 N–H and O–H groups in total. The molecule has 0 aromatic carbocycles. The van der Waals surface area contributed by atoms with E-state index in [9.17, 15) is 4.79 Å². The fourth-order valence-electron chi connectivity index (χ4n) is 1.79. The van der Waals surface area contributed by atoms with Crippen LogP contribution in [-0.2, 0) is 9.53 Å². The summed E-state index contributed by atoms with van der Waals surface area (Å²) in [5.41, 5.74) is 0. The minimum absolute atomic E-state index is 0.0259. The summed E-state index contributed by atoms with van der Waals surface area (Å²) in [6, 6.07) is -0.0414. The Bertz CT molecular complexity index is 192. The van der Waals surface area contributed by atoms with Crippen LogP contribution in [0.3, 0.4) is 0 Å². The van der Waals surface area contributed by atoms with Crippen LogP contribution in [0.4, 0.5) is 0 Å². The van der Waals surface area contributed by atoms with Gasteiger partial charge in [-0.25, -0.2) is 0 Å². The van der Waals surface area contributed by atoms with Crippen LogP contribution < -0.4 is 10.6 Å². The monoisotopic (exact) mass is 230 g/mol. The molecule has 0 aromatic rings. The largest absolute Gasteiger partial charge is 0.394 e. The number of carbonyl (C=O) groups excluding carboxylic acids is 1. The summed E-state index contributed by atoms with van der Waals surface area (Å²) in [6.45, 7) is 2.25. The van der Waals surface area contributed by atoms with Crippen molar-refractivity contribution in [2.75, 3.05) is 32.9 Å². The van der Waals surface area contributed by atoms with Gasteiger partial charge >= 0.3 is 0 Å². The van der Waals surface area contributed by atoms with Gasteiger partial charge in [0, 0.05) is 6.54 Å². The standard InChI is InChI=1S/C11H22N2O3/c14-7-9-16-8-6-13-11(15)10-4-2-1-3-5-12-10/h10,12,14H,1-9H2,(H,13,15). The van der Waals surface area contributed by atoms with Crippen molar-refractivity contribution >= 4 is 5.91 Å². The zero-order valence-corrected chi connectivity index (χ0v) is 9.71. The Morgan fingerprint density at radius 2 is 2.25 bits per heavy atom. The van der Waals surface area contributed by atoms with E-state index in [-0.39, 0.29) is 18.6 Å². The van der Waals surface area contributed by atoms with Crippen molar-refractivity contribution in [3.05, 3.63) is 0 Å². The fourth-order valence-corrected chi connectivity index (χ4v) is 1.79. The first-order valence-corrected chi connectivity index (χ1v) is 6.04. The lowest BCUT2D eigenvalue weighted by atomic mass is 10.1. The Balaban J connectivity index is 2.08. The molecule has 16 heavy (non-hydrogen) atoms. The molecule has 5 nitrogen and oxygen atoms in total. The van der Waals surface area contributed by atoms with E-state index in [0.29, 0.717) is 19.8 Å². The summed E-state index contributed by atoms with van der Waals surface area (Å²) in [5.74, 6) is 0.0644. The summed E-state index contributed by atoms with van der Waals surface area (Å²) in [7, 11) is 0. The Morgan fingerprint density at radius 1 is 1.38 bits per heavy atom. The van der Waals surface area contributed by atoms with Crippen molar-refractivity contribution < 1.29 is 14.6 Å². The summed E-state index contributed by atoms with van der Waals surface area (Å²) < 4.78 is 5.06. The van der Waals surface area contributed by atoms with E-state index in [2.05, 4.69) is 10.6 Å². The first kappa shape index (κ1) is 13.4. The number of rotatable bonds is 6. The van der Waals surface area contributed by atoms with Gasteiger partial charge in [0.1, 0.15) is 0 Å². The lowest BCUT2D eigenvalue weighted by molar-refractivity contribution is -0.123. The molecule has 1 heterocycles. The lowest BCUT2D eigenvalue weighted by Gasteiger charge is -2.15. The molecule has 5 heteroatoms. The van der Waals surface area contributed by atoms with E-state index in [1.165, 1.54) is 6.42 Å². The third kappa shape index (κ3) is 5.44. The number of nitrogens with one attached hydrogen (secondary N) is 2. The van der Waals surface area contributed by atoms with Crippen LogP contribution in [0.1, 0.15) is 25.7 Å². The van der Waals surface area contributed by atoms with Crippen LogP contribution in [0.25, 0.3) is 0 Å². The van der Waals surface area contributed by atoms with Crippen molar-refractivity contribution in [1.29, 1.82) is 0 Å². The second-order valence-corrected chi connectivity index (χ2v) is 3.98. The van der Waals surface area contributed by atoms with Gasteiger partial charge in [-0.2, -0.15) is 0 Å². The zero-order chi connectivity index (χ0) is 11.6. The average molecular weight is 230 g/mol. The Labute approximate surface area is 96.6 Å². The summed E-state index contributed by atoms with van der Waals surface area (Å²) in [5, 5.41) is 14.6. The summed E-state index contributed by atoms with van der Waals surface area (Å²) in [4.78, 5) is 11.7. The van der Waals surface area contributed by atoms with E-state index < -0.39 is 0 Å². The molecule has 0 spiro atoms. The van der Waals surface area contributed by atoms with Crippen LogP contribution in [-0.4, -0.2) is 50.0 Å². The second-order valence-electron chi connectivity index (χ2n) is 3.98. The van der Waals surface area contributed by atoms with Crippen LogP contribution >= 0.6 is 0 Å². The highest BCUT2D eigenvalue weighted by atomic mass is 16.5. The van der Waals surface area contributed by atoms with Gasteiger partial charge < -0.3 is 20.5 Å². The second kappa shape index (κ2) is 8.50. The molecule has 0 aliphatic carbocycles. The number of carbonyl (C=O) groups is 1. The van der Waals surface area contributed by atoms with Crippen molar-refractivity contribution in [3.8, 4) is 0 Å². The van der Waals surface area contributed by atoms with Crippen LogP contribution in [0.2, 0.25) is 0 Å². The Kier molecular flexibility index (Phi) is 7.12. The predicted molar refractivity (Wildman–Crippen MR) is 61.2 cm³/mol. The Morgan fingerprint density at radius 3 is 3.06 bits per heavy atom. The van der Waals surface area contributed by atoms with Gasteiger partial charge in [0.25, 0.3) is 0 Å². The fraction of sp³-hybridized carbons (Fsp3) is 0.909. The third-order valence-electron chi connectivity index (χ3n) is 2.66. The molecular weight excluding hydrogens is 208 g/mol. The Hall–Kier alpha value is -0.650. The van der Waals surface area contributed by atoms with Gasteiger partial charge in [0.2, 0.25) is 5.91 Å². The molecule has 0 radical (unpaired) electrons. The number of ether oxygens (including phenoxy) is 1. The van der Waals surface area contributed by atoms with E-state index in [1.54, 1.807) is 0 Å². The van der Waals surface area contributed by atoms with Crippen molar-refractivity contribution in [3.63, 3.8) is 0 Å². The molecule has 1 atom stereocenters. The molecule has 0 aromatic heterocycles. The quantitative estimate of drug-likeness (QED) is 0.545. The first-order valence-electron chi connectivity index (χ1n) is 6.04. The predicted octanol–water partition coefficient (Wildman–Crippen LogP) is -0.356. The van der Waals surface area contributed by atoms with Gasteiger partial charge in [0.15, 0.2) is 0 Å². The average Bonchev–Trinajstić information content (AvgIpc) is 2.57. The normalized spacial score (nSPS) is 21.4. The molecule has 1 aliphatic heterocycles. The number of hydrogen-bond donors (Lipinski definition) is 3. The maximum absolute atomic E-state index is 11.7. The molecule has 94 valence electrons.